The summed E-state index contributed by atoms with van der Waals surface area (Å²) in [5.41, 5.74) is 4.28. The Bertz CT molecular complexity index is 968. The molecule has 0 spiro atoms. The van der Waals surface area contributed by atoms with Crippen LogP contribution in [-0.4, -0.2) is 23.3 Å². The topological polar surface area (TPSA) is 61.4 Å². The van der Waals surface area contributed by atoms with Crippen LogP contribution in [0.3, 0.4) is 0 Å². The molecular formula is C22H19N3O2. The summed E-state index contributed by atoms with van der Waals surface area (Å²) < 4.78 is 0. The van der Waals surface area contributed by atoms with Crippen molar-refractivity contribution in [3.63, 3.8) is 0 Å². The van der Waals surface area contributed by atoms with Gasteiger partial charge in [-0.1, -0.05) is 36.4 Å². The Morgan fingerprint density at radius 2 is 1.44 bits per heavy atom. The number of hydrogen-bond donors (Lipinski definition) is 2. The molecule has 1 heterocycles. The molecule has 27 heavy (non-hydrogen) atoms. The fraction of sp³-hybridized carbons (Fsp3) is 0.0909. The SMILES string of the molecule is O=C(CN1Cc2ccccc2C1=O)Nc1ccc(Nc2ccccc2)cc1. The lowest BCUT2D eigenvalue weighted by Gasteiger charge is -2.15. The van der Waals surface area contributed by atoms with Crippen molar-refractivity contribution < 1.29 is 9.59 Å². The first-order valence-corrected chi connectivity index (χ1v) is 8.78. The third-order valence-electron chi connectivity index (χ3n) is 4.46. The van der Waals surface area contributed by atoms with Crippen molar-refractivity contribution in [1.29, 1.82) is 0 Å². The molecule has 3 aromatic rings. The van der Waals surface area contributed by atoms with Crippen LogP contribution in [0.2, 0.25) is 0 Å². The highest BCUT2D eigenvalue weighted by Gasteiger charge is 2.28. The molecule has 1 aliphatic rings. The van der Waals surface area contributed by atoms with E-state index in [-0.39, 0.29) is 18.4 Å². The first-order valence-electron chi connectivity index (χ1n) is 8.78. The number of nitrogens with zero attached hydrogens (tertiary/aromatic N) is 1. The first kappa shape index (κ1) is 16.8. The monoisotopic (exact) mass is 357 g/mol. The van der Waals surface area contributed by atoms with E-state index in [0.29, 0.717) is 17.8 Å². The molecule has 5 heteroatoms. The second-order valence-corrected chi connectivity index (χ2v) is 6.43. The van der Waals surface area contributed by atoms with Crippen molar-refractivity contribution in [1.82, 2.24) is 4.90 Å². The number of rotatable bonds is 5. The van der Waals surface area contributed by atoms with E-state index in [1.54, 1.807) is 11.0 Å². The summed E-state index contributed by atoms with van der Waals surface area (Å²) in [6.45, 7) is 0.514. The van der Waals surface area contributed by atoms with Gasteiger partial charge in [0.1, 0.15) is 6.54 Å². The molecule has 5 nitrogen and oxygen atoms in total. The average Bonchev–Trinajstić information content (AvgIpc) is 3.00. The zero-order chi connectivity index (χ0) is 18.6. The summed E-state index contributed by atoms with van der Waals surface area (Å²) in [5, 5.41) is 6.14. The van der Waals surface area contributed by atoms with Gasteiger partial charge in [0.05, 0.1) is 0 Å². The van der Waals surface area contributed by atoms with Gasteiger partial charge in [0.2, 0.25) is 5.91 Å². The lowest BCUT2D eigenvalue weighted by molar-refractivity contribution is -0.116. The number of carbonyl (C=O) groups excluding carboxylic acids is 2. The maximum atomic E-state index is 12.3. The van der Waals surface area contributed by atoms with E-state index < -0.39 is 0 Å². The maximum absolute atomic E-state index is 12.3. The van der Waals surface area contributed by atoms with Gasteiger partial charge >= 0.3 is 0 Å². The smallest absolute Gasteiger partial charge is 0.254 e. The van der Waals surface area contributed by atoms with Gasteiger partial charge in [-0.25, -0.2) is 0 Å². The molecule has 0 aliphatic carbocycles. The van der Waals surface area contributed by atoms with Crippen LogP contribution in [0.25, 0.3) is 0 Å². The number of amides is 2. The number of fused-ring (bicyclic) bond motifs is 1. The second kappa shape index (κ2) is 7.33. The summed E-state index contributed by atoms with van der Waals surface area (Å²) in [6.07, 6.45) is 0. The molecule has 0 saturated carbocycles. The molecule has 0 radical (unpaired) electrons. The standard InChI is InChI=1S/C22H19N3O2/c26-21(15-25-14-16-6-4-5-9-20(16)22(25)27)24-19-12-10-18(11-13-19)23-17-7-2-1-3-8-17/h1-13,23H,14-15H2,(H,24,26). The fourth-order valence-electron chi connectivity index (χ4n) is 3.14. The van der Waals surface area contributed by atoms with E-state index in [9.17, 15) is 9.59 Å². The molecule has 2 N–H and O–H groups in total. The van der Waals surface area contributed by atoms with Gasteiger partial charge in [0, 0.05) is 29.2 Å². The van der Waals surface area contributed by atoms with Gasteiger partial charge in [-0.2, -0.15) is 0 Å². The fourth-order valence-corrected chi connectivity index (χ4v) is 3.14. The molecule has 0 unspecified atom stereocenters. The van der Waals surface area contributed by atoms with E-state index in [2.05, 4.69) is 10.6 Å². The van der Waals surface area contributed by atoms with Crippen molar-refractivity contribution in [3.05, 3.63) is 90.0 Å². The summed E-state index contributed by atoms with van der Waals surface area (Å²) in [6, 6.07) is 24.8. The molecule has 3 aromatic carbocycles. The number of para-hydroxylation sites is 1. The van der Waals surface area contributed by atoms with Crippen LogP contribution in [0.1, 0.15) is 15.9 Å². The third kappa shape index (κ3) is 3.82. The highest BCUT2D eigenvalue weighted by Crippen LogP contribution is 2.22. The summed E-state index contributed by atoms with van der Waals surface area (Å²) >= 11 is 0. The molecule has 1 aliphatic heterocycles. The van der Waals surface area contributed by atoms with E-state index in [0.717, 1.165) is 16.9 Å². The Morgan fingerprint density at radius 1 is 0.815 bits per heavy atom. The molecule has 2 amide bonds. The third-order valence-corrected chi connectivity index (χ3v) is 4.46. The zero-order valence-corrected chi connectivity index (χ0v) is 14.7. The molecule has 0 fully saturated rings. The van der Waals surface area contributed by atoms with Crippen LogP contribution >= 0.6 is 0 Å². The van der Waals surface area contributed by atoms with E-state index >= 15 is 0 Å². The van der Waals surface area contributed by atoms with E-state index in [1.807, 2.05) is 72.8 Å². The number of carbonyl (C=O) groups is 2. The van der Waals surface area contributed by atoms with Gasteiger partial charge in [0.15, 0.2) is 0 Å². The molecule has 0 saturated heterocycles. The Kier molecular flexibility index (Phi) is 4.58. The highest BCUT2D eigenvalue weighted by molar-refractivity contribution is 6.02. The maximum Gasteiger partial charge on any atom is 0.254 e. The van der Waals surface area contributed by atoms with Crippen LogP contribution in [-0.2, 0) is 11.3 Å². The van der Waals surface area contributed by atoms with Crippen LogP contribution in [0.5, 0.6) is 0 Å². The lowest BCUT2D eigenvalue weighted by Crippen LogP contribution is -2.33. The molecule has 0 aromatic heterocycles. The van der Waals surface area contributed by atoms with Crippen molar-refractivity contribution in [3.8, 4) is 0 Å². The van der Waals surface area contributed by atoms with Crippen LogP contribution in [0.4, 0.5) is 17.1 Å². The second-order valence-electron chi connectivity index (χ2n) is 6.43. The molecule has 134 valence electrons. The predicted molar refractivity (Wildman–Crippen MR) is 106 cm³/mol. The Morgan fingerprint density at radius 3 is 2.19 bits per heavy atom. The zero-order valence-electron chi connectivity index (χ0n) is 14.7. The minimum atomic E-state index is -0.208. The Labute approximate surface area is 157 Å². The molecule has 4 rings (SSSR count). The van der Waals surface area contributed by atoms with Crippen molar-refractivity contribution >= 4 is 28.9 Å². The lowest BCUT2D eigenvalue weighted by atomic mass is 10.1. The summed E-state index contributed by atoms with van der Waals surface area (Å²) in [4.78, 5) is 26.2. The first-order chi connectivity index (χ1) is 13.2. The normalized spacial score (nSPS) is 12.6. The van der Waals surface area contributed by atoms with Gasteiger partial charge in [-0.05, 0) is 48.0 Å². The largest absolute Gasteiger partial charge is 0.356 e. The van der Waals surface area contributed by atoms with Gasteiger partial charge in [-0.3, -0.25) is 9.59 Å². The number of anilines is 3. The molecule has 0 atom stereocenters. The van der Waals surface area contributed by atoms with Crippen molar-refractivity contribution in [2.75, 3.05) is 17.2 Å². The average molecular weight is 357 g/mol. The Hall–Kier alpha value is -3.60. The molecular weight excluding hydrogens is 338 g/mol. The van der Waals surface area contributed by atoms with E-state index in [1.165, 1.54) is 0 Å². The minimum Gasteiger partial charge on any atom is -0.356 e. The molecule has 0 bridgehead atoms. The number of benzene rings is 3. The van der Waals surface area contributed by atoms with Crippen LogP contribution in [0, 0.1) is 0 Å². The summed E-state index contributed by atoms with van der Waals surface area (Å²) in [5.74, 6) is -0.303. The Balaban J connectivity index is 1.34. The van der Waals surface area contributed by atoms with Crippen LogP contribution in [0.15, 0.2) is 78.9 Å². The number of nitrogens with one attached hydrogen (secondary N) is 2. The predicted octanol–water partition coefficient (Wildman–Crippen LogP) is 4.02. The number of hydrogen-bond acceptors (Lipinski definition) is 3. The summed E-state index contributed by atoms with van der Waals surface area (Å²) in [7, 11) is 0. The highest BCUT2D eigenvalue weighted by atomic mass is 16.2. The van der Waals surface area contributed by atoms with Gasteiger partial charge in [0.25, 0.3) is 5.91 Å². The quantitative estimate of drug-likeness (QED) is 0.725. The minimum absolute atomic E-state index is 0.0392. The van der Waals surface area contributed by atoms with Crippen LogP contribution < -0.4 is 10.6 Å². The van der Waals surface area contributed by atoms with Crippen molar-refractivity contribution in [2.24, 2.45) is 0 Å². The van der Waals surface area contributed by atoms with Crippen molar-refractivity contribution in [2.45, 2.75) is 6.54 Å². The van der Waals surface area contributed by atoms with Gasteiger partial charge in [-0.15, -0.1) is 0 Å². The van der Waals surface area contributed by atoms with E-state index in [4.69, 9.17) is 0 Å². The van der Waals surface area contributed by atoms with Gasteiger partial charge < -0.3 is 15.5 Å².